The summed E-state index contributed by atoms with van der Waals surface area (Å²) >= 11 is 0. The maximum absolute atomic E-state index is 10.7. The summed E-state index contributed by atoms with van der Waals surface area (Å²) in [5.74, 6) is 0.685. The van der Waals surface area contributed by atoms with Crippen molar-refractivity contribution in [3.63, 3.8) is 0 Å². The van der Waals surface area contributed by atoms with Crippen molar-refractivity contribution < 1.29 is 17.5 Å². The van der Waals surface area contributed by atoms with Crippen molar-refractivity contribution in [1.29, 1.82) is 0 Å². The van der Waals surface area contributed by atoms with Gasteiger partial charge < -0.3 is 4.90 Å². The van der Waals surface area contributed by atoms with Crippen LogP contribution in [-0.2, 0) is 10.1 Å². The van der Waals surface area contributed by atoms with Crippen molar-refractivity contribution in [2.24, 2.45) is 4.99 Å². The summed E-state index contributed by atoms with van der Waals surface area (Å²) in [5, 5.41) is 0. The summed E-state index contributed by atoms with van der Waals surface area (Å²) in [6.45, 7) is 3.26. The van der Waals surface area contributed by atoms with Crippen molar-refractivity contribution in [2.45, 2.75) is 13.3 Å². The molecule has 0 radical (unpaired) electrons. The van der Waals surface area contributed by atoms with Gasteiger partial charge in [-0.2, -0.15) is 8.42 Å². The van der Waals surface area contributed by atoms with E-state index < -0.39 is 10.1 Å². The number of quaternary nitrogens is 1. The Morgan fingerprint density at radius 1 is 1.35 bits per heavy atom. The smallest absolute Gasteiger partial charge is 0.299 e. The van der Waals surface area contributed by atoms with Gasteiger partial charge in [0.25, 0.3) is 16.1 Å². The lowest BCUT2D eigenvalue weighted by Gasteiger charge is -2.33. The van der Waals surface area contributed by atoms with Crippen LogP contribution in [0.2, 0.25) is 0 Å². The number of guanidine groups is 1. The van der Waals surface area contributed by atoms with Crippen LogP contribution in [-0.4, -0.2) is 75.3 Å². The molecule has 1 N–H and O–H groups in total. The molecule has 102 valence electrons. The molecule has 0 unspecified atom stereocenters. The van der Waals surface area contributed by atoms with Gasteiger partial charge in [-0.1, -0.05) is 0 Å². The predicted octanol–water partition coefficient (Wildman–Crippen LogP) is 0.278. The van der Waals surface area contributed by atoms with E-state index >= 15 is 0 Å². The molecule has 0 spiro atoms. The van der Waals surface area contributed by atoms with Gasteiger partial charge in [0.05, 0.1) is 26.4 Å². The number of rotatable bonds is 5. The van der Waals surface area contributed by atoms with Crippen LogP contribution >= 0.6 is 0 Å². The molecule has 0 aromatic carbocycles. The average Bonchev–Trinajstić information content (AvgIpc) is 2.10. The van der Waals surface area contributed by atoms with Crippen molar-refractivity contribution in [3.05, 3.63) is 0 Å². The minimum atomic E-state index is -3.87. The predicted molar refractivity (Wildman–Crippen MR) is 69.7 cm³/mol. The quantitative estimate of drug-likeness (QED) is 0.336. The third-order valence-corrected chi connectivity index (χ3v) is 3.16. The molecule has 0 saturated heterocycles. The standard InChI is InChI=1S/C10H23N3O3S/c1-6-11-10(12(2)3)13(4,5)8-7-9-17(14,15)16/h6-9H2,1-5H3/p+1. The molecule has 0 aromatic rings. The highest BCUT2D eigenvalue weighted by atomic mass is 32.2. The van der Waals surface area contributed by atoms with E-state index in [-0.39, 0.29) is 5.75 Å². The van der Waals surface area contributed by atoms with Crippen LogP contribution in [0, 0.1) is 0 Å². The molecule has 0 aliphatic carbocycles. The van der Waals surface area contributed by atoms with Crippen molar-refractivity contribution >= 4 is 16.1 Å². The van der Waals surface area contributed by atoms with Gasteiger partial charge in [0.2, 0.25) is 0 Å². The number of hydrogen-bond acceptors (Lipinski definition) is 3. The third-order valence-electron chi connectivity index (χ3n) is 2.36. The average molecular weight is 266 g/mol. The SMILES string of the molecule is CCN=C(N(C)C)[N+](C)(C)CCCS(=O)(=O)O. The zero-order valence-corrected chi connectivity index (χ0v) is 12.2. The molecule has 0 bridgehead atoms. The summed E-state index contributed by atoms with van der Waals surface area (Å²) in [6, 6.07) is 0. The molecule has 0 aliphatic heterocycles. The molecular formula is C10H24N3O3S+. The van der Waals surface area contributed by atoms with Gasteiger partial charge in [0, 0.05) is 27.1 Å². The second-order valence-electron chi connectivity index (χ2n) is 4.72. The van der Waals surface area contributed by atoms with E-state index in [0.717, 1.165) is 5.96 Å². The fraction of sp³-hybridized carbons (Fsp3) is 0.900. The molecule has 17 heavy (non-hydrogen) atoms. The molecule has 0 atom stereocenters. The Balaban J connectivity index is 4.59. The highest BCUT2D eigenvalue weighted by Crippen LogP contribution is 2.06. The summed E-state index contributed by atoms with van der Waals surface area (Å²) in [5.41, 5.74) is 0. The first kappa shape index (κ1) is 16.3. The van der Waals surface area contributed by atoms with Crippen LogP contribution in [0.5, 0.6) is 0 Å². The summed E-state index contributed by atoms with van der Waals surface area (Å²) < 4.78 is 30.5. The molecule has 0 aliphatic rings. The molecular weight excluding hydrogens is 242 g/mol. The Morgan fingerprint density at radius 3 is 2.24 bits per heavy atom. The van der Waals surface area contributed by atoms with E-state index in [1.54, 1.807) is 0 Å². The van der Waals surface area contributed by atoms with E-state index in [1.165, 1.54) is 0 Å². The van der Waals surface area contributed by atoms with Crippen molar-refractivity contribution in [3.8, 4) is 0 Å². The van der Waals surface area contributed by atoms with Crippen molar-refractivity contribution in [1.82, 2.24) is 4.90 Å². The summed E-state index contributed by atoms with van der Waals surface area (Å²) in [6.07, 6.45) is 0.405. The Bertz CT molecular complexity index is 361. The Morgan fingerprint density at radius 2 is 1.88 bits per heavy atom. The lowest BCUT2D eigenvalue weighted by atomic mass is 10.4. The number of nitrogens with zero attached hydrogens (tertiary/aromatic N) is 3. The van der Waals surface area contributed by atoms with Crippen LogP contribution in [0.1, 0.15) is 13.3 Å². The van der Waals surface area contributed by atoms with E-state index in [4.69, 9.17) is 4.55 Å². The third kappa shape index (κ3) is 6.60. The maximum Gasteiger partial charge on any atom is 0.299 e. The summed E-state index contributed by atoms with van der Waals surface area (Å²) in [7, 11) is 3.90. The normalized spacial score (nSPS) is 13.9. The van der Waals surface area contributed by atoms with Gasteiger partial charge in [-0.3, -0.25) is 9.04 Å². The zero-order valence-electron chi connectivity index (χ0n) is 11.3. The van der Waals surface area contributed by atoms with E-state index in [2.05, 4.69) is 4.99 Å². The summed E-state index contributed by atoms with van der Waals surface area (Å²) in [4.78, 5) is 6.34. The van der Waals surface area contributed by atoms with E-state index in [0.29, 0.717) is 24.0 Å². The van der Waals surface area contributed by atoms with Gasteiger partial charge in [-0.15, -0.1) is 0 Å². The van der Waals surface area contributed by atoms with Crippen LogP contribution in [0.4, 0.5) is 0 Å². The maximum atomic E-state index is 10.7. The lowest BCUT2D eigenvalue weighted by Crippen LogP contribution is -2.52. The molecule has 0 fully saturated rings. The number of aliphatic imine (C=N–C) groups is 1. The van der Waals surface area contributed by atoms with Crippen LogP contribution in [0.25, 0.3) is 0 Å². The molecule has 6 nitrogen and oxygen atoms in total. The van der Waals surface area contributed by atoms with Gasteiger partial charge in [0.15, 0.2) is 0 Å². The molecule has 0 saturated carbocycles. The fourth-order valence-electron chi connectivity index (χ4n) is 1.76. The molecule has 0 amide bonds. The topological polar surface area (TPSA) is 70.0 Å². The molecule has 0 aromatic heterocycles. The van der Waals surface area contributed by atoms with Crippen LogP contribution in [0.3, 0.4) is 0 Å². The highest BCUT2D eigenvalue weighted by molar-refractivity contribution is 7.85. The monoisotopic (exact) mass is 266 g/mol. The Labute approximate surface area is 104 Å². The molecule has 0 heterocycles. The molecule has 0 rings (SSSR count). The van der Waals surface area contributed by atoms with Gasteiger partial charge in [-0.05, 0) is 6.92 Å². The second-order valence-corrected chi connectivity index (χ2v) is 6.29. The Hall–Kier alpha value is -0.660. The minimum absolute atomic E-state index is 0.207. The lowest BCUT2D eigenvalue weighted by molar-refractivity contribution is -0.805. The van der Waals surface area contributed by atoms with Crippen molar-refractivity contribution in [2.75, 3.05) is 47.0 Å². The molecule has 7 heteroatoms. The van der Waals surface area contributed by atoms with E-state index in [1.807, 2.05) is 40.0 Å². The number of hydrogen-bond donors (Lipinski definition) is 1. The van der Waals surface area contributed by atoms with Gasteiger partial charge >= 0.3 is 0 Å². The van der Waals surface area contributed by atoms with Gasteiger partial charge in [-0.25, -0.2) is 4.99 Å². The van der Waals surface area contributed by atoms with Gasteiger partial charge in [0.1, 0.15) is 0 Å². The van der Waals surface area contributed by atoms with Crippen LogP contribution < -0.4 is 0 Å². The first-order valence-electron chi connectivity index (χ1n) is 5.60. The first-order chi connectivity index (χ1) is 7.60. The largest absolute Gasteiger partial charge is 0.317 e. The Kier molecular flexibility index (Phi) is 6.08. The van der Waals surface area contributed by atoms with Crippen LogP contribution in [0.15, 0.2) is 4.99 Å². The minimum Gasteiger partial charge on any atom is -0.317 e. The fourth-order valence-corrected chi connectivity index (χ4v) is 2.25. The highest BCUT2D eigenvalue weighted by Gasteiger charge is 2.26. The first-order valence-corrected chi connectivity index (χ1v) is 7.21. The zero-order chi connectivity index (χ0) is 13.7. The second kappa shape index (κ2) is 6.32. The van der Waals surface area contributed by atoms with E-state index in [9.17, 15) is 8.42 Å².